The molecule has 0 aliphatic carbocycles. The van der Waals surface area contributed by atoms with Crippen LogP contribution in [0.25, 0.3) is 0 Å². The molecule has 1 fully saturated rings. The Bertz CT molecular complexity index is 858. The number of ether oxygens (including phenoxy) is 2. The van der Waals surface area contributed by atoms with Gasteiger partial charge in [0.2, 0.25) is 5.91 Å². The Balaban J connectivity index is 1.63. The molecular weight excluding hydrogens is 420 g/mol. The minimum absolute atomic E-state index is 0.0924. The molecule has 30 heavy (non-hydrogen) atoms. The number of methoxy groups -OCH3 is 1. The summed E-state index contributed by atoms with van der Waals surface area (Å²) in [7, 11) is 1.63. The van der Waals surface area contributed by atoms with Crippen LogP contribution < -0.4 is 4.74 Å². The van der Waals surface area contributed by atoms with E-state index in [0.717, 1.165) is 21.3 Å². The number of thioether (sulfide) groups is 1. The molecule has 1 aliphatic rings. The van der Waals surface area contributed by atoms with E-state index in [4.69, 9.17) is 9.47 Å². The highest BCUT2D eigenvalue weighted by atomic mass is 32.2. The van der Waals surface area contributed by atoms with Crippen LogP contribution >= 0.6 is 23.1 Å². The van der Waals surface area contributed by atoms with Gasteiger partial charge < -0.3 is 14.4 Å². The van der Waals surface area contributed by atoms with E-state index in [0.29, 0.717) is 44.7 Å². The van der Waals surface area contributed by atoms with Crippen molar-refractivity contribution in [2.45, 2.75) is 37.4 Å². The monoisotopic (exact) mass is 448 g/mol. The number of hydrogen-bond donors (Lipinski definition) is 0. The first-order valence-electron chi connectivity index (χ1n) is 10.1. The van der Waals surface area contributed by atoms with Crippen LogP contribution in [0.5, 0.6) is 5.75 Å². The van der Waals surface area contributed by atoms with Gasteiger partial charge in [0.05, 0.1) is 24.9 Å². The van der Waals surface area contributed by atoms with Gasteiger partial charge in [-0.3, -0.25) is 9.59 Å². The lowest BCUT2D eigenvalue weighted by Crippen LogP contribution is -2.48. The average Bonchev–Trinajstić information content (AvgIpc) is 3.18. The molecule has 1 aromatic carbocycles. The molecule has 1 aromatic heterocycles. The lowest BCUT2D eigenvalue weighted by Gasteiger charge is -2.40. The van der Waals surface area contributed by atoms with E-state index in [1.165, 1.54) is 11.8 Å². The molecule has 2 heterocycles. The number of aromatic nitrogens is 1. The molecule has 0 atom stereocenters. The third-order valence-corrected chi connectivity index (χ3v) is 7.52. The molecule has 0 saturated carbocycles. The van der Waals surface area contributed by atoms with Crippen molar-refractivity contribution in [2.24, 2.45) is 5.41 Å². The predicted octanol–water partition coefficient (Wildman–Crippen LogP) is 3.97. The molecule has 8 heteroatoms. The summed E-state index contributed by atoms with van der Waals surface area (Å²) in [6, 6.07) is 7.79. The minimum Gasteiger partial charge on any atom is -0.497 e. The van der Waals surface area contributed by atoms with Gasteiger partial charge in [-0.2, -0.15) is 0 Å². The number of rotatable bonds is 8. The normalized spacial score (nSPS) is 15.6. The van der Waals surface area contributed by atoms with Gasteiger partial charge in [0, 0.05) is 24.2 Å². The summed E-state index contributed by atoms with van der Waals surface area (Å²) >= 11 is 3.04. The van der Waals surface area contributed by atoms with Crippen LogP contribution in [0.2, 0.25) is 0 Å². The largest absolute Gasteiger partial charge is 0.497 e. The Hall–Kier alpha value is -2.06. The number of esters is 1. The quantitative estimate of drug-likeness (QED) is 0.450. The van der Waals surface area contributed by atoms with Gasteiger partial charge in [-0.25, -0.2) is 4.98 Å². The highest BCUT2D eigenvalue weighted by Gasteiger charge is 2.43. The van der Waals surface area contributed by atoms with Crippen molar-refractivity contribution in [3.8, 4) is 5.75 Å². The summed E-state index contributed by atoms with van der Waals surface area (Å²) in [4.78, 5) is 31.8. The zero-order valence-electron chi connectivity index (χ0n) is 17.7. The molecule has 0 N–H and O–H groups in total. The van der Waals surface area contributed by atoms with E-state index in [1.54, 1.807) is 18.4 Å². The van der Waals surface area contributed by atoms with Crippen LogP contribution in [0, 0.1) is 12.3 Å². The molecule has 1 saturated heterocycles. The SMILES string of the molecule is CCOC(=O)C1(Cc2ccc(OC)cc2)CCN(C(=O)CSc2nc(C)cs2)CC1. The predicted molar refractivity (Wildman–Crippen MR) is 119 cm³/mol. The van der Waals surface area contributed by atoms with Gasteiger partial charge in [-0.15, -0.1) is 11.3 Å². The van der Waals surface area contributed by atoms with E-state index in [2.05, 4.69) is 4.98 Å². The number of aryl methyl sites for hydroxylation is 1. The summed E-state index contributed by atoms with van der Waals surface area (Å²) in [5.41, 5.74) is 1.45. The van der Waals surface area contributed by atoms with E-state index in [-0.39, 0.29) is 11.9 Å². The first-order chi connectivity index (χ1) is 14.5. The lowest BCUT2D eigenvalue weighted by molar-refractivity contribution is -0.160. The number of nitrogens with zero attached hydrogens (tertiary/aromatic N) is 2. The summed E-state index contributed by atoms with van der Waals surface area (Å²) in [5, 5.41) is 1.99. The van der Waals surface area contributed by atoms with Gasteiger partial charge in [0.15, 0.2) is 4.34 Å². The molecule has 162 valence electrons. The van der Waals surface area contributed by atoms with Crippen molar-refractivity contribution < 1.29 is 19.1 Å². The minimum atomic E-state index is -0.596. The number of hydrogen-bond acceptors (Lipinski definition) is 7. The number of carbonyl (C=O) groups is 2. The average molecular weight is 449 g/mol. The van der Waals surface area contributed by atoms with E-state index < -0.39 is 5.41 Å². The third-order valence-electron chi connectivity index (χ3n) is 5.40. The van der Waals surface area contributed by atoms with Crippen molar-refractivity contribution in [3.05, 3.63) is 40.9 Å². The Labute approximate surface area is 186 Å². The van der Waals surface area contributed by atoms with Crippen LogP contribution in [0.1, 0.15) is 31.0 Å². The number of likely N-dealkylation sites (tertiary alicyclic amines) is 1. The highest BCUT2D eigenvalue weighted by molar-refractivity contribution is 8.01. The highest BCUT2D eigenvalue weighted by Crippen LogP contribution is 2.37. The van der Waals surface area contributed by atoms with Gasteiger partial charge in [0.25, 0.3) is 0 Å². The number of carbonyl (C=O) groups excluding carboxylic acids is 2. The fraction of sp³-hybridized carbons (Fsp3) is 0.500. The van der Waals surface area contributed by atoms with Crippen LogP contribution in [-0.2, 0) is 20.7 Å². The van der Waals surface area contributed by atoms with Crippen molar-refractivity contribution in [2.75, 3.05) is 32.6 Å². The summed E-state index contributed by atoms with van der Waals surface area (Å²) in [6.45, 7) is 5.26. The molecular formula is C22H28N2O4S2. The molecule has 0 unspecified atom stereocenters. The summed E-state index contributed by atoms with van der Waals surface area (Å²) in [5.74, 6) is 1.09. The maximum absolute atomic E-state index is 12.9. The smallest absolute Gasteiger partial charge is 0.312 e. The molecule has 0 spiro atoms. The van der Waals surface area contributed by atoms with Crippen molar-refractivity contribution >= 4 is 35.0 Å². The second-order valence-electron chi connectivity index (χ2n) is 7.45. The van der Waals surface area contributed by atoms with Gasteiger partial charge >= 0.3 is 5.97 Å². The Morgan fingerprint density at radius 1 is 1.23 bits per heavy atom. The Morgan fingerprint density at radius 3 is 2.50 bits per heavy atom. The first-order valence-corrected chi connectivity index (χ1v) is 11.9. The fourth-order valence-corrected chi connectivity index (χ4v) is 5.42. The standard InChI is InChI=1S/C22H28N2O4S2/c1-4-28-20(26)22(13-17-5-7-18(27-3)8-6-17)9-11-24(12-10-22)19(25)15-30-21-23-16(2)14-29-21/h5-8,14H,4,9-13,15H2,1-3H3. The van der Waals surface area contributed by atoms with E-state index in [9.17, 15) is 9.59 Å². The fourth-order valence-electron chi connectivity index (χ4n) is 3.67. The first kappa shape index (κ1) is 22.6. The zero-order valence-corrected chi connectivity index (χ0v) is 19.3. The molecule has 0 bridgehead atoms. The molecule has 0 radical (unpaired) electrons. The molecule has 2 aromatic rings. The van der Waals surface area contributed by atoms with Crippen LogP contribution in [-0.4, -0.2) is 54.3 Å². The maximum atomic E-state index is 12.9. The van der Waals surface area contributed by atoms with Crippen molar-refractivity contribution in [3.63, 3.8) is 0 Å². The third kappa shape index (κ3) is 5.55. The van der Waals surface area contributed by atoms with Crippen LogP contribution in [0.15, 0.2) is 34.0 Å². The van der Waals surface area contributed by atoms with Crippen LogP contribution in [0.4, 0.5) is 0 Å². The van der Waals surface area contributed by atoms with E-state index >= 15 is 0 Å². The Morgan fingerprint density at radius 2 is 1.93 bits per heavy atom. The van der Waals surface area contributed by atoms with Crippen molar-refractivity contribution in [1.82, 2.24) is 9.88 Å². The van der Waals surface area contributed by atoms with E-state index in [1.807, 2.05) is 48.4 Å². The van der Waals surface area contributed by atoms with Gasteiger partial charge in [-0.1, -0.05) is 23.9 Å². The van der Waals surface area contributed by atoms with Gasteiger partial charge in [-0.05, 0) is 50.8 Å². The van der Waals surface area contributed by atoms with Crippen molar-refractivity contribution in [1.29, 1.82) is 0 Å². The number of benzene rings is 1. The number of thiazole rings is 1. The molecule has 6 nitrogen and oxygen atoms in total. The topological polar surface area (TPSA) is 68.7 Å². The number of piperidine rings is 1. The molecule has 1 amide bonds. The molecule has 3 rings (SSSR count). The Kier molecular flexibility index (Phi) is 7.77. The number of amides is 1. The molecule has 1 aliphatic heterocycles. The van der Waals surface area contributed by atoms with Crippen LogP contribution in [0.3, 0.4) is 0 Å². The maximum Gasteiger partial charge on any atom is 0.312 e. The van der Waals surface area contributed by atoms with Gasteiger partial charge in [0.1, 0.15) is 5.75 Å². The second-order valence-corrected chi connectivity index (χ2v) is 9.53. The second kappa shape index (κ2) is 10.3. The summed E-state index contributed by atoms with van der Waals surface area (Å²) < 4.78 is 11.6. The summed E-state index contributed by atoms with van der Waals surface area (Å²) in [6.07, 6.45) is 1.81. The lowest BCUT2D eigenvalue weighted by atomic mass is 9.73. The zero-order chi connectivity index (χ0) is 21.6.